The van der Waals surface area contributed by atoms with E-state index in [9.17, 15) is 17.7 Å². The van der Waals surface area contributed by atoms with Gasteiger partial charge in [-0.05, 0) is 18.6 Å². The van der Waals surface area contributed by atoms with E-state index in [-0.39, 0.29) is 63.6 Å². The number of esters is 1. The fourth-order valence-electron chi connectivity index (χ4n) is 1.32. The zero-order chi connectivity index (χ0) is 14.5. The molecule has 0 aliphatic carbocycles. The second-order valence-electron chi connectivity index (χ2n) is 3.63. The molecule has 20 heavy (non-hydrogen) atoms. The van der Waals surface area contributed by atoms with E-state index in [2.05, 4.69) is 4.74 Å². The van der Waals surface area contributed by atoms with Gasteiger partial charge in [-0.2, -0.15) is 5.26 Å². The Balaban J connectivity index is 0.00000361. The van der Waals surface area contributed by atoms with E-state index in [0.717, 1.165) is 12.1 Å². The Bertz CT molecular complexity index is 535. The molecular formula is C12H10BF3KNO2. The summed E-state index contributed by atoms with van der Waals surface area (Å²) in [6, 6.07) is 5.86. The number of carbonyl (C=O) groups excluding carboxylic acids is 1. The number of ether oxygens (including phenoxy) is 1. The quantitative estimate of drug-likeness (QED) is 0.317. The first-order valence-corrected chi connectivity index (χ1v) is 5.47. The summed E-state index contributed by atoms with van der Waals surface area (Å²) in [6.45, 7) is -3.34. The molecule has 8 heteroatoms. The Labute approximate surface area is 157 Å². The van der Waals surface area contributed by atoms with Gasteiger partial charge in [0.05, 0.1) is 6.61 Å². The summed E-state index contributed by atoms with van der Waals surface area (Å²) in [4.78, 5) is 11.3. The van der Waals surface area contributed by atoms with Crippen LogP contribution >= 0.6 is 0 Å². The van der Waals surface area contributed by atoms with Crippen LogP contribution in [0.15, 0.2) is 29.8 Å². The number of halogens is 3. The minimum atomic E-state index is -5.05. The van der Waals surface area contributed by atoms with Gasteiger partial charge in [-0.15, -0.1) is 5.46 Å². The smallest absolute Gasteiger partial charge is 0.462 e. The molecule has 100 valence electrons. The number of hydrogen-bond donors (Lipinski definition) is 0. The minimum absolute atomic E-state index is 0. The van der Waals surface area contributed by atoms with Crippen molar-refractivity contribution in [2.45, 2.75) is 6.92 Å². The predicted octanol–water partition coefficient (Wildman–Crippen LogP) is -0.785. The van der Waals surface area contributed by atoms with Crippen LogP contribution in [0.5, 0.6) is 0 Å². The Morgan fingerprint density at radius 1 is 1.35 bits per heavy atom. The van der Waals surface area contributed by atoms with E-state index in [1.165, 1.54) is 18.2 Å². The average Bonchev–Trinajstić information content (AvgIpc) is 2.35. The molecule has 0 radical (unpaired) electrons. The van der Waals surface area contributed by atoms with Gasteiger partial charge in [-0.3, -0.25) is 0 Å². The molecule has 1 rings (SSSR count). The topological polar surface area (TPSA) is 50.1 Å². The van der Waals surface area contributed by atoms with Gasteiger partial charge in [0.15, 0.2) is 0 Å². The van der Waals surface area contributed by atoms with E-state index in [1.54, 1.807) is 13.0 Å². The summed E-state index contributed by atoms with van der Waals surface area (Å²) in [6.07, 6.45) is 1.19. The van der Waals surface area contributed by atoms with E-state index >= 15 is 0 Å². The molecule has 0 saturated heterocycles. The maximum atomic E-state index is 12.4. The summed E-state index contributed by atoms with van der Waals surface area (Å²) >= 11 is 0. The molecule has 0 unspecified atom stereocenters. The molecule has 0 aliphatic heterocycles. The number of hydrogen-bond acceptors (Lipinski definition) is 3. The summed E-state index contributed by atoms with van der Waals surface area (Å²) in [5, 5.41) is 8.77. The van der Waals surface area contributed by atoms with E-state index in [1.807, 2.05) is 0 Å². The van der Waals surface area contributed by atoms with Crippen LogP contribution in [-0.2, 0) is 9.53 Å². The van der Waals surface area contributed by atoms with E-state index in [4.69, 9.17) is 5.26 Å². The first-order valence-electron chi connectivity index (χ1n) is 5.47. The van der Waals surface area contributed by atoms with E-state index in [0.29, 0.717) is 5.56 Å². The van der Waals surface area contributed by atoms with Crippen molar-refractivity contribution in [1.82, 2.24) is 0 Å². The third-order valence-electron chi connectivity index (χ3n) is 2.24. The first-order chi connectivity index (χ1) is 8.88. The second-order valence-corrected chi connectivity index (χ2v) is 3.63. The molecule has 0 saturated carbocycles. The summed E-state index contributed by atoms with van der Waals surface area (Å²) in [5.74, 6) is -0.797. The van der Waals surface area contributed by atoms with Gasteiger partial charge in [-0.1, -0.05) is 24.3 Å². The normalized spacial score (nSPS) is 11.2. The molecule has 3 nitrogen and oxygen atoms in total. The third-order valence-corrected chi connectivity index (χ3v) is 2.24. The Kier molecular flexibility index (Phi) is 8.39. The zero-order valence-corrected chi connectivity index (χ0v) is 14.2. The van der Waals surface area contributed by atoms with Crippen molar-refractivity contribution in [3.8, 4) is 6.07 Å². The predicted molar refractivity (Wildman–Crippen MR) is 65.4 cm³/mol. The van der Waals surface area contributed by atoms with Crippen molar-refractivity contribution in [2.24, 2.45) is 0 Å². The van der Waals surface area contributed by atoms with Gasteiger partial charge < -0.3 is 17.7 Å². The standard InChI is InChI=1S/C12H10BF3NO2.K/c1-2-19-12(18)10(8-17)7-9-3-5-11(6-4-9)13(14,15)16;/h3-7H,2H2,1H3;/q-1;+1/b10-7-;. The molecule has 0 amide bonds. The molecule has 0 fully saturated rings. The zero-order valence-electron chi connectivity index (χ0n) is 11.1. The third kappa shape index (κ3) is 5.81. The van der Waals surface area contributed by atoms with Crippen molar-refractivity contribution in [3.63, 3.8) is 0 Å². The Morgan fingerprint density at radius 2 is 1.90 bits per heavy atom. The van der Waals surface area contributed by atoms with Gasteiger partial charge in [0.1, 0.15) is 11.6 Å². The van der Waals surface area contributed by atoms with Crippen molar-refractivity contribution in [1.29, 1.82) is 5.26 Å². The number of nitrogens with zero attached hydrogens (tertiary/aromatic N) is 1. The SMILES string of the molecule is CCOC(=O)/C(C#N)=C\c1ccc([B-](F)(F)F)cc1.[K+]. The number of carbonyl (C=O) groups is 1. The number of nitriles is 1. The van der Waals surface area contributed by atoms with Crippen LogP contribution in [0.1, 0.15) is 12.5 Å². The summed E-state index contributed by atoms with van der Waals surface area (Å²) in [5.41, 5.74) is -0.660. The van der Waals surface area contributed by atoms with Crippen LogP contribution in [0.2, 0.25) is 0 Å². The van der Waals surface area contributed by atoms with Crippen LogP contribution in [-0.4, -0.2) is 19.6 Å². The minimum Gasteiger partial charge on any atom is -0.462 e. The van der Waals surface area contributed by atoms with Gasteiger partial charge in [0.2, 0.25) is 0 Å². The van der Waals surface area contributed by atoms with Gasteiger partial charge >= 0.3 is 64.3 Å². The maximum Gasteiger partial charge on any atom is 1.00 e. The molecular weight excluding hydrogens is 297 g/mol. The Morgan fingerprint density at radius 3 is 2.30 bits per heavy atom. The number of rotatable bonds is 4. The molecule has 0 aliphatic rings. The van der Waals surface area contributed by atoms with Crippen LogP contribution in [0, 0.1) is 11.3 Å². The summed E-state index contributed by atoms with van der Waals surface area (Å²) < 4.78 is 41.8. The fourth-order valence-corrected chi connectivity index (χ4v) is 1.32. The van der Waals surface area contributed by atoms with Crippen molar-refractivity contribution in [3.05, 3.63) is 35.4 Å². The largest absolute Gasteiger partial charge is 1.00 e. The molecule has 0 atom stereocenters. The van der Waals surface area contributed by atoms with Crippen LogP contribution in [0.4, 0.5) is 12.9 Å². The number of benzene rings is 1. The van der Waals surface area contributed by atoms with Gasteiger partial charge in [0.25, 0.3) is 0 Å². The van der Waals surface area contributed by atoms with Crippen LogP contribution < -0.4 is 56.8 Å². The van der Waals surface area contributed by atoms with Crippen LogP contribution in [0.25, 0.3) is 6.08 Å². The molecule has 0 spiro atoms. The van der Waals surface area contributed by atoms with Crippen molar-refractivity contribution in [2.75, 3.05) is 6.61 Å². The van der Waals surface area contributed by atoms with Gasteiger partial charge in [0, 0.05) is 0 Å². The molecule has 0 heterocycles. The van der Waals surface area contributed by atoms with Crippen LogP contribution in [0.3, 0.4) is 0 Å². The summed E-state index contributed by atoms with van der Waals surface area (Å²) in [7, 11) is 0. The molecule has 0 N–H and O–H groups in total. The van der Waals surface area contributed by atoms with Crippen molar-refractivity contribution >= 4 is 24.5 Å². The Hall–Kier alpha value is -0.589. The molecule has 1 aromatic carbocycles. The second kappa shape index (κ2) is 8.64. The monoisotopic (exact) mass is 307 g/mol. The average molecular weight is 307 g/mol. The molecule has 0 bridgehead atoms. The van der Waals surface area contributed by atoms with Crippen molar-refractivity contribution < 1.29 is 73.9 Å². The van der Waals surface area contributed by atoms with Gasteiger partial charge in [-0.25, -0.2) is 4.79 Å². The van der Waals surface area contributed by atoms with E-state index < -0.39 is 18.4 Å². The first kappa shape index (κ1) is 19.4. The molecule has 0 aromatic heterocycles. The molecule has 1 aromatic rings. The fraction of sp³-hybridized carbons (Fsp3) is 0.167. The maximum absolute atomic E-state index is 12.4.